The van der Waals surface area contributed by atoms with Crippen molar-refractivity contribution < 1.29 is 4.79 Å². The Kier molecular flexibility index (Phi) is 5.17. The number of hydrogen-bond acceptors (Lipinski definition) is 2. The fourth-order valence-electron chi connectivity index (χ4n) is 2.60. The Morgan fingerprint density at radius 3 is 2.33 bits per heavy atom. The molecule has 0 bridgehead atoms. The van der Waals surface area contributed by atoms with Gasteiger partial charge in [-0.2, -0.15) is 0 Å². The van der Waals surface area contributed by atoms with E-state index in [4.69, 9.17) is 5.73 Å². The summed E-state index contributed by atoms with van der Waals surface area (Å²) < 4.78 is 0. The second kappa shape index (κ2) is 6.21. The van der Waals surface area contributed by atoms with Crippen LogP contribution in [0.3, 0.4) is 0 Å². The fraction of sp³-hybridized carbons (Fsp3) is 0.500. The van der Waals surface area contributed by atoms with E-state index in [1.165, 1.54) is 0 Å². The monoisotopic (exact) mass is 268 g/mol. The molecule has 0 aromatic heterocycles. The lowest BCUT2D eigenvalue weighted by Gasteiger charge is -2.15. The number of benzene rings is 1. The van der Waals surface area contributed by atoms with E-state index >= 15 is 0 Å². The highest BCUT2D eigenvalue weighted by atomic mass is 35.5. The molecule has 1 saturated carbocycles. The predicted molar refractivity (Wildman–Crippen MR) is 77.1 cm³/mol. The molecule has 1 aromatic carbocycles. The molecule has 0 aliphatic heterocycles. The summed E-state index contributed by atoms with van der Waals surface area (Å²) >= 11 is 0. The second-order valence-electron chi connectivity index (χ2n) is 5.07. The Morgan fingerprint density at radius 2 is 1.83 bits per heavy atom. The fourth-order valence-corrected chi connectivity index (χ4v) is 2.60. The summed E-state index contributed by atoms with van der Waals surface area (Å²) in [5, 5.41) is 2.98. The van der Waals surface area contributed by atoms with Gasteiger partial charge in [-0.1, -0.05) is 12.5 Å². The molecule has 100 valence electrons. The van der Waals surface area contributed by atoms with Crippen molar-refractivity contribution in [2.45, 2.75) is 39.2 Å². The first-order chi connectivity index (χ1) is 8.06. The molecule has 0 heterocycles. The number of carbonyl (C=O) groups excluding carboxylic acids is 1. The molecule has 1 aliphatic rings. The van der Waals surface area contributed by atoms with Gasteiger partial charge < -0.3 is 11.1 Å². The predicted octanol–water partition coefficient (Wildman–Crippen LogP) is 2.79. The third kappa shape index (κ3) is 3.47. The minimum Gasteiger partial charge on any atom is -0.327 e. The minimum atomic E-state index is -0.0178. The van der Waals surface area contributed by atoms with E-state index in [-0.39, 0.29) is 30.3 Å². The summed E-state index contributed by atoms with van der Waals surface area (Å²) in [6.45, 7) is 4.06. The molecular formula is C14H21ClN2O. The zero-order chi connectivity index (χ0) is 12.4. The first-order valence-corrected chi connectivity index (χ1v) is 6.21. The van der Waals surface area contributed by atoms with E-state index in [0.717, 1.165) is 36.1 Å². The molecule has 0 spiro atoms. The van der Waals surface area contributed by atoms with Gasteiger partial charge in [-0.15, -0.1) is 12.4 Å². The summed E-state index contributed by atoms with van der Waals surface area (Å²) in [6.07, 6.45) is 2.94. The molecule has 0 saturated heterocycles. The van der Waals surface area contributed by atoms with E-state index in [9.17, 15) is 4.79 Å². The maximum absolute atomic E-state index is 12.1. The van der Waals surface area contributed by atoms with E-state index in [1.807, 2.05) is 26.0 Å². The van der Waals surface area contributed by atoms with Gasteiger partial charge in [0.15, 0.2) is 0 Å². The number of nitrogens with two attached hydrogens (primary N) is 1. The third-order valence-corrected chi connectivity index (χ3v) is 3.40. The molecule has 4 heteroatoms. The minimum absolute atomic E-state index is 0. The summed E-state index contributed by atoms with van der Waals surface area (Å²) in [5.41, 5.74) is 9.14. The van der Waals surface area contributed by atoms with E-state index in [0.29, 0.717) is 0 Å². The van der Waals surface area contributed by atoms with Crippen LogP contribution >= 0.6 is 12.4 Å². The molecule has 1 amide bonds. The first-order valence-electron chi connectivity index (χ1n) is 6.21. The molecule has 18 heavy (non-hydrogen) atoms. The van der Waals surface area contributed by atoms with E-state index in [1.54, 1.807) is 0 Å². The number of aryl methyl sites for hydroxylation is 2. The van der Waals surface area contributed by atoms with Crippen molar-refractivity contribution in [1.82, 2.24) is 0 Å². The van der Waals surface area contributed by atoms with Crippen LogP contribution in [0.1, 0.15) is 30.4 Å². The van der Waals surface area contributed by atoms with Gasteiger partial charge in [0.05, 0.1) is 5.92 Å². The standard InChI is InChI=1S/C14H20N2O.ClH/c1-9-6-10(2)8-11(7-9)16-14(17)12-4-3-5-13(12)15;/h6-8,12-13H,3-5,15H2,1-2H3,(H,16,17);1H. The average Bonchev–Trinajstić information content (AvgIpc) is 2.62. The summed E-state index contributed by atoms with van der Waals surface area (Å²) in [6, 6.07) is 6.11. The SMILES string of the molecule is Cc1cc(C)cc(NC(=O)C2CCCC2N)c1.Cl. The van der Waals surface area contributed by atoms with Gasteiger partial charge in [0.2, 0.25) is 5.91 Å². The first kappa shape index (κ1) is 15.0. The van der Waals surface area contributed by atoms with Crippen molar-refractivity contribution >= 4 is 24.0 Å². The van der Waals surface area contributed by atoms with Crippen LogP contribution in [0.5, 0.6) is 0 Å². The molecular weight excluding hydrogens is 248 g/mol. The molecule has 0 radical (unpaired) electrons. The Labute approximate surface area is 115 Å². The number of halogens is 1. The van der Waals surface area contributed by atoms with Crippen LogP contribution in [-0.4, -0.2) is 11.9 Å². The van der Waals surface area contributed by atoms with E-state index < -0.39 is 0 Å². The second-order valence-corrected chi connectivity index (χ2v) is 5.07. The van der Waals surface area contributed by atoms with Crippen molar-refractivity contribution in [3.05, 3.63) is 29.3 Å². The van der Waals surface area contributed by atoms with Gasteiger partial charge in [0.1, 0.15) is 0 Å². The Balaban J connectivity index is 0.00000162. The highest BCUT2D eigenvalue weighted by molar-refractivity contribution is 5.93. The van der Waals surface area contributed by atoms with Crippen molar-refractivity contribution in [3.8, 4) is 0 Å². The maximum Gasteiger partial charge on any atom is 0.229 e. The molecule has 2 unspecified atom stereocenters. The number of anilines is 1. The lowest BCUT2D eigenvalue weighted by Crippen LogP contribution is -2.34. The molecule has 2 atom stereocenters. The Hall–Kier alpha value is -1.06. The van der Waals surface area contributed by atoms with Gasteiger partial charge in [0, 0.05) is 11.7 Å². The lowest BCUT2D eigenvalue weighted by atomic mass is 10.0. The van der Waals surface area contributed by atoms with Crippen LogP contribution in [0.15, 0.2) is 18.2 Å². The third-order valence-electron chi connectivity index (χ3n) is 3.40. The number of amides is 1. The van der Waals surface area contributed by atoms with Crippen LogP contribution in [0.4, 0.5) is 5.69 Å². The normalized spacial score (nSPS) is 22.4. The zero-order valence-corrected chi connectivity index (χ0v) is 11.7. The number of rotatable bonds is 2. The zero-order valence-electron chi connectivity index (χ0n) is 10.9. The molecule has 2 rings (SSSR count). The largest absolute Gasteiger partial charge is 0.327 e. The van der Waals surface area contributed by atoms with Gasteiger partial charge in [-0.25, -0.2) is 0 Å². The van der Waals surface area contributed by atoms with Crippen molar-refractivity contribution in [2.75, 3.05) is 5.32 Å². The topological polar surface area (TPSA) is 55.1 Å². The molecule has 3 N–H and O–H groups in total. The van der Waals surface area contributed by atoms with Crippen LogP contribution in [0.25, 0.3) is 0 Å². The number of nitrogens with one attached hydrogen (secondary N) is 1. The average molecular weight is 269 g/mol. The highest BCUT2D eigenvalue weighted by Crippen LogP contribution is 2.25. The van der Waals surface area contributed by atoms with Crippen LogP contribution in [-0.2, 0) is 4.79 Å². The maximum atomic E-state index is 12.1. The summed E-state index contributed by atoms with van der Waals surface area (Å²) in [5.74, 6) is 0.0517. The summed E-state index contributed by atoms with van der Waals surface area (Å²) in [4.78, 5) is 12.1. The van der Waals surface area contributed by atoms with Gasteiger partial charge >= 0.3 is 0 Å². The molecule has 1 fully saturated rings. The van der Waals surface area contributed by atoms with Crippen LogP contribution in [0.2, 0.25) is 0 Å². The van der Waals surface area contributed by atoms with E-state index in [2.05, 4.69) is 11.4 Å². The Morgan fingerprint density at radius 1 is 1.22 bits per heavy atom. The van der Waals surface area contributed by atoms with Crippen molar-refractivity contribution in [3.63, 3.8) is 0 Å². The van der Waals surface area contributed by atoms with Crippen LogP contribution in [0, 0.1) is 19.8 Å². The number of carbonyl (C=O) groups is 1. The Bertz CT molecular complexity index is 414. The van der Waals surface area contributed by atoms with Crippen molar-refractivity contribution in [1.29, 1.82) is 0 Å². The van der Waals surface area contributed by atoms with Gasteiger partial charge in [-0.05, 0) is 49.9 Å². The lowest BCUT2D eigenvalue weighted by molar-refractivity contribution is -0.120. The molecule has 1 aliphatic carbocycles. The van der Waals surface area contributed by atoms with Crippen LogP contribution < -0.4 is 11.1 Å². The van der Waals surface area contributed by atoms with Gasteiger partial charge in [0.25, 0.3) is 0 Å². The molecule has 3 nitrogen and oxygen atoms in total. The highest BCUT2D eigenvalue weighted by Gasteiger charge is 2.30. The smallest absolute Gasteiger partial charge is 0.229 e. The quantitative estimate of drug-likeness (QED) is 0.867. The number of hydrogen-bond donors (Lipinski definition) is 2. The summed E-state index contributed by atoms with van der Waals surface area (Å²) in [7, 11) is 0. The van der Waals surface area contributed by atoms with Crippen molar-refractivity contribution in [2.24, 2.45) is 11.7 Å². The van der Waals surface area contributed by atoms with Gasteiger partial charge in [-0.3, -0.25) is 4.79 Å². The molecule has 1 aromatic rings.